The van der Waals surface area contributed by atoms with Crippen LogP contribution in [0.25, 0.3) is 0 Å². The Balaban J connectivity index is 2.32. The summed E-state index contributed by atoms with van der Waals surface area (Å²) in [6.45, 7) is 3.85. The van der Waals surface area contributed by atoms with Crippen LogP contribution in [0.1, 0.15) is 29.3 Å². The van der Waals surface area contributed by atoms with Gasteiger partial charge in [0.25, 0.3) is 0 Å². The Morgan fingerprint density at radius 3 is 2.94 bits per heavy atom. The smallest absolute Gasteiger partial charge is 0.336 e. The van der Waals surface area contributed by atoms with Crippen molar-refractivity contribution in [2.45, 2.75) is 19.8 Å². The van der Waals surface area contributed by atoms with Crippen molar-refractivity contribution in [2.75, 3.05) is 24.6 Å². The Bertz CT molecular complexity index is 445. The molecule has 0 saturated heterocycles. The number of carbonyl (C=O) groups is 1. The molecule has 0 aromatic heterocycles. The van der Waals surface area contributed by atoms with Crippen LogP contribution in [-0.2, 0) is 6.42 Å². The number of benzene rings is 1. The maximum Gasteiger partial charge on any atom is 0.336 e. The monoisotopic (exact) mass is 249 g/mol. The summed E-state index contributed by atoms with van der Waals surface area (Å²) in [7, 11) is 0. The van der Waals surface area contributed by atoms with Gasteiger partial charge in [-0.05, 0) is 36.5 Å². The highest BCUT2D eigenvalue weighted by atomic mass is 16.4. The van der Waals surface area contributed by atoms with Crippen LogP contribution in [0.4, 0.5) is 5.69 Å². The van der Waals surface area contributed by atoms with Crippen molar-refractivity contribution in [3.8, 4) is 0 Å². The minimum absolute atomic E-state index is 0.157. The molecule has 0 bridgehead atoms. The van der Waals surface area contributed by atoms with E-state index in [9.17, 15) is 9.90 Å². The number of hydrogen-bond acceptors (Lipinski definition) is 3. The molecule has 1 aliphatic heterocycles. The number of nitrogens with zero attached hydrogens (tertiary/aromatic N) is 1. The van der Waals surface area contributed by atoms with Gasteiger partial charge in [-0.3, -0.25) is 0 Å². The number of aliphatic hydroxyl groups is 1. The predicted octanol–water partition coefficient (Wildman–Crippen LogP) is 1.77. The predicted molar refractivity (Wildman–Crippen MR) is 70.2 cm³/mol. The third-order valence-electron chi connectivity index (χ3n) is 3.42. The SMILES string of the molecule is CC(CO)CN1CCCc2c(C(=O)O)cccc21. The van der Waals surface area contributed by atoms with Gasteiger partial charge in [0.05, 0.1) is 5.56 Å². The maximum absolute atomic E-state index is 11.2. The van der Waals surface area contributed by atoms with Crippen LogP contribution in [0.15, 0.2) is 18.2 Å². The van der Waals surface area contributed by atoms with Crippen LogP contribution in [-0.4, -0.2) is 35.9 Å². The van der Waals surface area contributed by atoms with Gasteiger partial charge in [0.1, 0.15) is 0 Å². The molecule has 0 saturated carbocycles. The van der Waals surface area contributed by atoms with Crippen LogP contribution in [0.5, 0.6) is 0 Å². The van der Waals surface area contributed by atoms with E-state index in [-0.39, 0.29) is 12.5 Å². The number of hydrogen-bond donors (Lipinski definition) is 2. The first kappa shape index (κ1) is 12.9. The molecule has 2 N–H and O–H groups in total. The number of rotatable bonds is 4. The van der Waals surface area contributed by atoms with Crippen molar-refractivity contribution >= 4 is 11.7 Å². The first-order valence-corrected chi connectivity index (χ1v) is 6.34. The largest absolute Gasteiger partial charge is 0.478 e. The van der Waals surface area contributed by atoms with Gasteiger partial charge in [-0.15, -0.1) is 0 Å². The fourth-order valence-corrected chi connectivity index (χ4v) is 2.52. The highest BCUT2D eigenvalue weighted by Gasteiger charge is 2.22. The summed E-state index contributed by atoms with van der Waals surface area (Å²) in [6.07, 6.45) is 1.79. The molecular weight excluding hydrogens is 230 g/mol. The molecule has 0 aliphatic carbocycles. The summed E-state index contributed by atoms with van der Waals surface area (Å²) in [5.41, 5.74) is 2.36. The van der Waals surface area contributed by atoms with Crippen LogP contribution in [0.2, 0.25) is 0 Å². The van der Waals surface area contributed by atoms with Crippen LogP contribution in [0, 0.1) is 5.92 Å². The summed E-state index contributed by atoms with van der Waals surface area (Å²) in [5.74, 6) is -0.659. The second-order valence-corrected chi connectivity index (χ2v) is 4.95. The lowest BCUT2D eigenvalue weighted by Crippen LogP contribution is -2.34. The molecule has 2 rings (SSSR count). The Morgan fingerprint density at radius 2 is 2.28 bits per heavy atom. The molecular formula is C14H19NO3. The lowest BCUT2D eigenvalue weighted by Gasteiger charge is -2.33. The fourth-order valence-electron chi connectivity index (χ4n) is 2.52. The molecule has 4 heteroatoms. The molecule has 1 aromatic rings. The lowest BCUT2D eigenvalue weighted by atomic mass is 9.95. The summed E-state index contributed by atoms with van der Waals surface area (Å²) in [5, 5.41) is 18.3. The Morgan fingerprint density at radius 1 is 1.50 bits per heavy atom. The van der Waals surface area contributed by atoms with Crippen molar-refractivity contribution in [3.05, 3.63) is 29.3 Å². The number of carboxylic acids is 1. The van der Waals surface area contributed by atoms with Gasteiger partial charge in [-0.2, -0.15) is 0 Å². The molecule has 1 unspecified atom stereocenters. The molecule has 0 fully saturated rings. The second kappa shape index (κ2) is 5.40. The van der Waals surface area contributed by atoms with Crippen LogP contribution >= 0.6 is 0 Å². The molecule has 1 aromatic carbocycles. The van der Waals surface area contributed by atoms with E-state index in [0.29, 0.717) is 5.56 Å². The average Bonchev–Trinajstić information content (AvgIpc) is 2.38. The molecule has 1 atom stereocenters. The van der Waals surface area contributed by atoms with E-state index >= 15 is 0 Å². The molecule has 1 heterocycles. The zero-order valence-electron chi connectivity index (χ0n) is 10.6. The molecule has 0 amide bonds. The van der Waals surface area contributed by atoms with Crippen LogP contribution < -0.4 is 4.90 Å². The molecule has 18 heavy (non-hydrogen) atoms. The number of anilines is 1. The normalized spacial score (nSPS) is 16.2. The number of aliphatic hydroxyl groups excluding tert-OH is 1. The van der Waals surface area contributed by atoms with Crippen molar-refractivity contribution < 1.29 is 15.0 Å². The van der Waals surface area contributed by atoms with Gasteiger partial charge in [0.15, 0.2) is 0 Å². The first-order chi connectivity index (χ1) is 8.63. The van der Waals surface area contributed by atoms with E-state index in [1.54, 1.807) is 12.1 Å². The lowest BCUT2D eigenvalue weighted by molar-refractivity contribution is 0.0695. The Kier molecular flexibility index (Phi) is 3.87. The quantitative estimate of drug-likeness (QED) is 0.853. The zero-order chi connectivity index (χ0) is 13.1. The summed E-state index contributed by atoms with van der Waals surface area (Å²) in [6, 6.07) is 5.44. The van der Waals surface area contributed by atoms with Gasteiger partial charge in [0, 0.05) is 25.4 Å². The van der Waals surface area contributed by atoms with Gasteiger partial charge in [-0.1, -0.05) is 13.0 Å². The summed E-state index contributed by atoms with van der Waals surface area (Å²) in [4.78, 5) is 13.4. The number of fused-ring (bicyclic) bond motifs is 1. The zero-order valence-corrected chi connectivity index (χ0v) is 10.6. The van der Waals surface area contributed by atoms with Gasteiger partial charge in [0.2, 0.25) is 0 Å². The molecule has 0 radical (unpaired) electrons. The summed E-state index contributed by atoms with van der Waals surface area (Å²) >= 11 is 0. The van der Waals surface area contributed by atoms with Gasteiger partial charge >= 0.3 is 5.97 Å². The Labute approximate surface area is 107 Å². The van der Waals surface area contributed by atoms with Crippen molar-refractivity contribution in [1.82, 2.24) is 0 Å². The van der Waals surface area contributed by atoms with Crippen LogP contribution in [0.3, 0.4) is 0 Å². The standard InChI is InChI=1S/C14H19NO3/c1-10(9-16)8-15-7-3-5-11-12(14(17)18)4-2-6-13(11)15/h2,4,6,10,16H,3,5,7-9H2,1H3,(H,17,18). The van der Waals surface area contributed by atoms with Gasteiger partial charge in [-0.25, -0.2) is 4.79 Å². The highest BCUT2D eigenvalue weighted by Crippen LogP contribution is 2.30. The number of carboxylic acid groups (broad SMARTS) is 1. The molecule has 0 spiro atoms. The van der Waals surface area contributed by atoms with E-state index in [1.807, 2.05) is 13.0 Å². The van der Waals surface area contributed by atoms with E-state index in [2.05, 4.69) is 4.90 Å². The van der Waals surface area contributed by atoms with E-state index in [0.717, 1.165) is 37.2 Å². The maximum atomic E-state index is 11.2. The van der Waals surface area contributed by atoms with Crippen molar-refractivity contribution in [2.24, 2.45) is 5.92 Å². The number of aromatic carboxylic acids is 1. The topological polar surface area (TPSA) is 60.8 Å². The van der Waals surface area contributed by atoms with E-state index in [4.69, 9.17) is 5.11 Å². The fraction of sp³-hybridized carbons (Fsp3) is 0.500. The molecule has 4 nitrogen and oxygen atoms in total. The highest BCUT2D eigenvalue weighted by molar-refractivity contribution is 5.91. The van der Waals surface area contributed by atoms with Gasteiger partial charge < -0.3 is 15.1 Å². The third-order valence-corrected chi connectivity index (χ3v) is 3.42. The first-order valence-electron chi connectivity index (χ1n) is 6.34. The average molecular weight is 249 g/mol. The second-order valence-electron chi connectivity index (χ2n) is 4.95. The van der Waals surface area contributed by atoms with E-state index in [1.165, 1.54) is 0 Å². The molecule has 98 valence electrons. The van der Waals surface area contributed by atoms with Crippen molar-refractivity contribution in [3.63, 3.8) is 0 Å². The third kappa shape index (κ3) is 2.48. The Hall–Kier alpha value is -1.55. The van der Waals surface area contributed by atoms with E-state index < -0.39 is 5.97 Å². The minimum atomic E-state index is -0.857. The summed E-state index contributed by atoms with van der Waals surface area (Å²) < 4.78 is 0. The minimum Gasteiger partial charge on any atom is -0.478 e. The van der Waals surface area contributed by atoms with Crippen molar-refractivity contribution in [1.29, 1.82) is 0 Å². The molecule has 1 aliphatic rings.